The summed E-state index contributed by atoms with van der Waals surface area (Å²) in [6.45, 7) is 2.55. The molecule has 0 saturated heterocycles. The fourth-order valence-electron chi connectivity index (χ4n) is 4.46. The molecule has 2 aromatic heterocycles. The van der Waals surface area contributed by atoms with Gasteiger partial charge in [0.1, 0.15) is 11.7 Å². The summed E-state index contributed by atoms with van der Waals surface area (Å²) in [5, 5.41) is 6.33. The Bertz CT molecular complexity index is 1020. The molecule has 0 spiro atoms. The number of likely N-dealkylation sites (N-methyl/N-ethyl adjacent to an activating group) is 1. The molecule has 1 amide bonds. The maximum Gasteiger partial charge on any atom is 0.455 e. The van der Waals surface area contributed by atoms with E-state index in [1.54, 1.807) is 4.90 Å². The maximum absolute atomic E-state index is 12.6. The number of amides is 1. The minimum atomic E-state index is -4.60. The van der Waals surface area contributed by atoms with Crippen LogP contribution in [-0.4, -0.2) is 51.7 Å². The predicted molar refractivity (Wildman–Crippen MR) is 104 cm³/mol. The van der Waals surface area contributed by atoms with Crippen molar-refractivity contribution in [3.63, 3.8) is 0 Å². The van der Waals surface area contributed by atoms with E-state index < -0.39 is 12.0 Å². The second-order valence-corrected chi connectivity index (χ2v) is 8.44. The third-order valence-corrected chi connectivity index (χ3v) is 6.30. The highest BCUT2D eigenvalue weighted by Gasteiger charge is 2.40. The number of alkyl halides is 3. The molecule has 0 aromatic carbocycles. The van der Waals surface area contributed by atoms with Crippen LogP contribution in [0.2, 0.25) is 0 Å². The molecule has 2 aliphatic heterocycles. The third-order valence-electron chi connectivity index (χ3n) is 6.30. The summed E-state index contributed by atoms with van der Waals surface area (Å²) in [6.07, 6.45) is -1.14. The lowest BCUT2D eigenvalue weighted by Gasteiger charge is -2.42. The molecule has 2 aromatic rings. The van der Waals surface area contributed by atoms with Gasteiger partial charge in [-0.15, -0.1) is 0 Å². The first-order valence-corrected chi connectivity index (χ1v) is 10.3. The van der Waals surface area contributed by atoms with Crippen LogP contribution < -0.4 is 15.1 Å². The van der Waals surface area contributed by atoms with E-state index in [-0.39, 0.29) is 29.8 Å². The molecule has 0 unspecified atom stereocenters. The Hall–Kier alpha value is -2.92. The molecule has 1 saturated carbocycles. The summed E-state index contributed by atoms with van der Waals surface area (Å²) in [6, 6.07) is -0.168. The predicted octanol–water partition coefficient (Wildman–Crippen LogP) is 2.43. The van der Waals surface area contributed by atoms with E-state index in [0.717, 1.165) is 42.9 Å². The highest BCUT2D eigenvalue weighted by molar-refractivity contribution is 6.05. The molecule has 4 heterocycles. The van der Waals surface area contributed by atoms with Gasteiger partial charge in [0.2, 0.25) is 17.7 Å². The van der Waals surface area contributed by atoms with E-state index in [4.69, 9.17) is 4.52 Å². The van der Waals surface area contributed by atoms with Crippen molar-refractivity contribution in [2.75, 3.05) is 28.7 Å². The fourth-order valence-corrected chi connectivity index (χ4v) is 4.46. The summed E-state index contributed by atoms with van der Waals surface area (Å²) < 4.78 is 42.5. The zero-order valence-electron chi connectivity index (χ0n) is 17.1. The van der Waals surface area contributed by atoms with Gasteiger partial charge < -0.3 is 19.6 Å². The van der Waals surface area contributed by atoms with E-state index in [0.29, 0.717) is 18.9 Å². The molecule has 0 bridgehead atoms. The van der Waals surface area contributed by atoms with Crippen molar-refractivity contribution >= 4 is 23.4 Å². The number of halogens is 3. The van der Waals surface area contributed by atoms with Crippen LogP contribution in [0.1, 0.15) is 43.6 Å². The normalized spacial score (nSPS) is 25.3. The van der Waals surface area contributed by atoms with Gasteiger partial charge in [0, 0.05) is 26.1 Å². The number of hydrogen-bond donors (Lipinski definition) is 1. The smallest absolute Gasteiger partial charge is 0.351 e. The Kier molecular flexibility index (Phi) is 4.56. The van der Waals surface area contributed by atoms with Gasteiger partial charge in [0.15, 0.2) is 5.82 Å². The van der Waals surface area contributed by atoms with E-state index in [1.807, 2.05) is 18.9 Å². The van der Waals surface area contributed by atoms with E-state index in [2.05, 4.69) is 25.4 Å². The van der Waals surface area contributed by atoms with Crippen molar-refractivity contribution in [1.29, 1.82) is 0 Å². The molecule has 166 valence electrons. The molecule has 1 fully saturated rings. The van der Waals surface area contributed by atoms with Crippen molar-refractivity contribution in [2.45, 2.75) is 57.3 Å². The number of hydrogen-bond acceptors (Lipinski definition) is 8. The second-order valence-electron chi connectivity index (χ2n) is 8.44. The van der Waals surface area contributed by atoms with Crippen LogP contribution in [-0.2, 0) is 23.8 Å². The van der Waals surface area contributed by atoms with Gasteiger partial charge in [0.05, 0.1) is 5.69 Å². The van der Waals surface area contributed by atoms with Gasteiger partial charge in [-0.3, -0.25) is 4.79 Å². The topological polar surface area (TPSA) is 100 Å². The first-order chi connectivity index (χ1) is 14.7. The SMILES string of the molecule is C[C@H]1C(=O)N2CCCc3nc(NC4CC(Cc5nc(C(F)(F)F)no5)C4)nc(c32)N1C. The highest BCUT2D eigenvalue weighted by atomic mass is 19.4. The van der Waals surface area contributed by atoms with Crippen LogP contribution >= 0.6 is 0 Å². The van der Waals surface area contributed by atoms with E-state index >= 15 is 0 Å². The standard InChI is InChI=1S/C19H22F3N7O2/c1-9-16(30)29-5-3-4-12-14(29)15(28(9)2)26-18(24-12)23-11-6-10(7-11)8-13-25-17(27-31-13)19(20,21)22/h9-11H,3-8H2,1-2H3,(H,23,24,26)/t9-,10?,11?/m0/s1. The Morgan fingerprint density at radius 1 is 1.23 bits per heavy atom. The van der Waals surface area contributed by atoms with E-state index in [1.165, 1.54) is 0 Å². The largest absolute Gasteiger partial charge is 0.455 e. The lowest BCUT2D eigenvalue weighted by atomic mass is 9.78. The molecule has 31 heavy (non-hydrogen) atoms. The quantitative estimate of drug-likeness (QED) is 0.779. The maximum atomic E-state index is 12.6. The van der Waals surface area contributed by atoms with Crippen LogP contribution in [0.15, 0.2) is 4.52 Å². The summed E-state index contributed by atoms with van der Waals surface area (Å²) in [4.78, 5) is 29.0. The minimum absolute atomic E-state index is 0.00519. The van der Waals surface area contributed by atoms with Crippen LogP contribution in [0.4, 0.5) is 30.6 Å². The van der Waals surface area contributed by atoms with Crippen LogP contribution in [0, 0.1) is 5.92 Å². The minimum Gasteiger partial charge on any atom is -0.351 e. The van der Waals surface area contributed by atoms with Crippen LogP contribution in [0.25, 0.3) is 0 Å². The second kappa shape index (κ2) is 7.06. The zero-order valence-corrected chi connectivity index (χ0v) is 17.1. The number of aromatic nitrogens is 4. The molecular weight excluding hydrogens is 415 g/mol. The number of carbonyl (C=O) groups excluding carboxylic acids is 1. The monoisotopic (exact) mass is 437 g/mol. The molecule has 1 aliphatic carbocycles. The average Bonchev–Trinajstić information content (AvgIpc) is 3.17. The van der Waals surface area contributed by atoms with Crippen molar-refractivity contribution in [1.82, 2.24) is 20.1 Å². The van der Waals surface area contributed by atoms with Crippen LogP contribution in [0.3, 0.4) is 0 Å². The first kappa shape index (κ1) is 20.0. The van der Waals surface area contributed by atoms with Gasteiger partial charge in [-0.05, 0) is 38.5 Å². The van der Waals surface area contributed by atoms with E-state index in [9.17, 15) is 18.0 Å². The first-order valence-electron chi connectivity index (χ1n) is 10.3. The summed E-state index contributed by atoms with van der Waals surface area (Å²) in [5.74, 6) is 0.261. The molecule has 1 N–H and O–H groups in total. The number of aryl methyl sites for hydroxylation is 1. The Balaban J connectivity index is 1.25. The number of rotatable bonds is 4. The van der Waals surface area contributed by atoms with Crippen LogP contribution in [0.5, 0.6) is 0 Å². The lowest BCUT2D eigenvalue weighted by Crippen LogP contribution is -2.53. The average molecular weight is 437 g/mol. The van der Waals surface area contributed by atoms with Crippen molar-refractivity contribution in [2.24, 2.45) is 5.92 Å². The number of anilines is 3. The van der Waals surface area contributed by atoms with Gasteiger partial charge in [-0.25, -0.2) is 4.98 Å². The summed E-state index contributed by atoms with van der Waals surface area (Å²) in [5.41, 5.74) is 1.68. The molecular formula is C19H22F3N7O2. The van der Waals surface area contributed by atoms with Crippen molar-refractivity contribution < 1.29 is 22.5 Å². The van der Waals surface area contributed by atoms with Gasteiger partial charge >= 0.3 is 6.18 Å². The van der Waals surface area contributed by atoms with Gasteiger partial charge in [-0.2, -0.15) is 23.1 Å². The highest BCUT2D eigenvalue weighted by Crippen LogP contribution is 2.40. The summed E-state index contributed by atoms with van der Waals surface area (Å²) >= 11 is 0. The molecule has 12 heteroatoms. The lowest BCUT2D eigenvalue weighted by molar-refractivity contribution is -0.146. The Morgan fingerprint density at radius 3 is 2.71 bits per heavy atom. The van der Waals surface area contributed by atoms with Gasteiger partial charge in [0.25, 0.3) is 5.82 Å². The Morgan fingerprint density at radius 2 is 2.00 bits per heavy atom. The molecule has 3 aliphatic rings. The Labute approximate surface area is 176 Å². The molecule has 0 radical (unpaired) electrons. The van der Waals surface area contributed by atoms with Crippen molar-refractivity contribution in [3.8, 4) is 0 Å². The molecule has 1 atom stereocenters. The fraction of sp³-hybridized carbons (Fsp3) is 0.632. The third kappa shape index (κ3) is 3.47. The number of nitrogens with zero attached hydrogens (tertiary/aromatic N) is 6. The number of carbonyl (C=O) groups is 1. The molecule has 5 rings (SSSR count). The zero-order chi connectivity index (χ0) is 21.9. The number of nitrogens with one attached hydrogen (secondary N) is 1. The summed E-state index contributed by atoms with van der Waals surface area (Å²) in [7, 11) is 1.86. The van der Waals surface area contributed by atoms with Crippen molar-refractivity contribution in [3.05, 3.63) is 17.4 Å². The van der Waals surface area contributed by atoms with Gasteiger partial charge in [-0.1, -0.05) is 5.16 Å². The molecule has 9 nitrogen and oxygen atoms in total.